The molecule has 0 atom stereocenters. The van der Waals surface area contributed by atoms with E-state index >= 15 is 0 Å². The van der Waals surface area contributed by atoms with Crippen LogP contribution in [-0.2, 0) is 6.42 Å². The topological polar surface area (TPSA) is 60.2 Å². The number of halogens is 2. The van der Waals surface area contributed by atoms with Crippen LogP contribution in [0.1, 0.15) is 11.1 Å². The van der Waals surface area contributed by atoms with E-state index in [1.807, 2.05) is 0 Å². The first-order valence-electron chi connectivity index (χ1n) is 7.00. The minimum absolute atomic E-state index is 0.392. The Bertz CT molecular complexity index is 790. The van der Waals surface area contributed by atoms with Crippen molar-refractivity contribution in [3.63, 3.8) is 0 Å². The van der Waals surface area contributed by atoms with Crippen LogP contribution in [0.15, 0.2) is 47.5 Å². The van der Waals surface area contributed by atoms with Gasteiger partial charge >= 0.3 is 0 Å². The molecule has 2 rings (SSSR count). The summed E-state index contributed by atoms with van der Waals surface area (Å²) in [4.78, 5) is 4.19. The number of hydrogen-bond donors (Lipinski definition) is 2. The van der Waals surface area contributed by atoms with Crippen LogP contribution in [0, 0.1) is 11.3 Å². The molecule has 24 heavy (non-hydrogen) atoms. The molecule has 0 spiro atoms. The summed E-state index contributed by atoms with van der Waals surface area (Å²) < 4.78 is 0. The number of benzene rings is 2. The van der Waals surface area contributed by atoms with Gasteiger partial charge in [0, 0.05) is 29.2 Å². The van der Waals surface area contributed by atoms with E-state index in [9.17, 15) is 0 Å². The van der Waals surface area contributed by atoms with Gasteiger partial charge in [-0.3, -0.25) is 4.99 Å². The van der Waals surface area contributed by atoms with Gasteiger partial charge in [-0.25, -0.2) is 0 Å². The molecule has 2 aromatic rings. The van der Waals surface area contributed by atoms with Gasteiger partial charge in [-0.2, -0.15) is 5.26 Å². The average Bonchev–Trinajstić information content (AvgIpc) is 2.58. The zero-order valence-electron chi connectivity index (χ0n) is 12.8. The van der Waals surface area contributed by atoms with Crippen LogP contribution < -0.4 is 10.6 Å². The van der Waals surface area contributed by atoms with Crippen molar-refractivity contribution in [2.45, 2.75) is 6.42 Å². The fourth-order valence-electron chi connectivity index (χ4n) is 1.97. The Hall–Kier alpha value is -2.13. The van der Waals surface area contributed by atoms with Gasteiger partial charge in [0.25, 0.3) is 0 Å². The Morgan fingerprint density at radius 3 is 2.33 bits per heavy atom. The second-order valence-electron chi connectivity index (χ2n) is 4.82. The molecule has 0 bridgehead atoms. The van der Waals surface area contributed by atoms with Crippen molar-refractivity contribution in [3.05, 3.63) is 63.6 Å². The van der Waals surface area contributed by atoms with Gasteiger partial charge < -0.3 is 10.6 Å². The molecule has 0 aromatic heterocycles. The van der Waals surface area contributed by atoms with Crippen LogP contribution in [0.5, 0.6) is 0 Å². The number of anilines is 1. The second-order valence-corrected chi connectivity index (χ2v) is 6.04. The highest BCUT2D eigenvalue weighted by atomic mass is 35.5. The van der Waals surface area contributed by atoms with Crippen molar-refractivity contribution < 1.29 is 0 Å². The maximum Gasteiger partial charge on any atom is 0.176 e. The summed E-state index contributed by atoms with van der Waals surface area (Å²) in [5, 5.41) is 16.4. The first kappa shape index (κ1) is 18.2. The van der Waals surface area contributed by atoms with E-state index in [4.69, 9.17) is 40.7 Å². The van der Waals surface area contributed by atoms with Crippen molar-refractivity contribution in [3.8, 4) is 6.07 Å². The number of nitriles is 1. The van der Waals surface area contributed by atoms with Crippen LogP contribution in [0.4, 0.5) is 5.69 Å². The Kier molecular flexibility index (Phi) is 6.56. The lowest BCUT2D eigenvalue weighted by Gasteiger charge is -2.14. The standard InChI is InChI=1S/C17H14Cl2N4S/c1-21-16(9-13-14(18)3-2-4-15(13)19)23-17(24)22-12-7-5-11(10-20)6-8-12/h2-8H,9H2,1H3,(H2,21,22,23,24). The molecule has 0 saturated heterocycles. The monoisotopic (exact) mass is 376 g/mol. The summed E-state index contributed by atoms with van der Waals surface area (Å²) >= 11 is 17.7. The first-order valence-corrected chi connectivity index (χ1v) is 8.16. The van der Waals surface area contributed by atoms with E-state index in [1.165, 1.54) is 0 Å². The summed E-state index contributed by atoms with van der Waals surface area (Å²) in [6, 6.07) is 14.4. The molecule has 0 heterocycles. The van der Waals surface area contributed by atoms with Gasteiger partial charge in [-0.15, -0.1) is 0 Å². The third kappa shape index (κ3) is 4.93. The molecule has 0 aliphatic heterocycles. The van der Waals surface area contributed by atoms with Crippen LogP contribution >= 0.6 is 35.4 Å². The first-order chi connectivity index (χ1) is 11.5. The average molecular weight is 377 g/mol. The zero-order valence-corrected chi connectivity index (χ0v) is 15.1. The maximum atomic E-state index is 8.80. The van der Waals surface area contributed by atoms with Crippen LogP contribution in [0.3, 0.4) is 0 Å². The smallest absolute Gasteiger partial charge is 0.176 e. The molecule has 7 heteroatoms. The lowest BCUT2D eigenvalue weighted by Crippen LogP contribution is -2.35. The Balaban J connectivity index is 2.02. The van der Waals surface area contributed by atoms with E-state index in [0.29, 0.717) is 33.0 Å². The lowest BCUT2D eigenvalue weighted by molar-refractivity contribution is 1.18. The number of hydrogen-bond acceptors (Lipinski definition) is 3. The predicted molar refractivity (Wildman–Crippen MR) is 104 cm³/mol. The van der Waals surface area contributed by atoms with Gasteiger partial charge in [-0.05, 0) is 54.2 Å². The molecule has 4 nitrogen and oxygen atoms in total. The molecule has 0 amide bonds. The van der Waals surface area contributed by atoms with Gasteiger partial charge in [0.2, 0.25) is 0 Å². The van der Waals surface area contributed by atoms with Gasteiger partial charge in [-0.1, -0.05) is 29.3 Å². The van der Waals surface area contributed by atoms with E-state index < -0.39 is 0 Å². The number of aliphatic imine (C=N–C) groups is 1. The summed E-state index contributed by atoms with van der Waals surface area (Å²) in [7, 11) is 1.66. The van der Waals surface area contributed by atoms with E-state index in [0.717, 1.165) is 11.3 Å². The van der Waals surface area contributed by atoms with Gasteiger partial charge in [0.05, 0.1) is 11.6 Å². The van der Waals surface area contributed by atoms with Crippen LogP contribution in [-0.4, -0.2) is 18.0 Å². The van der Waals surface area contributed by atoms with Crippen molar-refractivity contribution in [2.75, 3.05) is 12.4 Å². The minimum atomic E-state index is 0.392. The summed E-state index contributed by atoms with van der Waals surface area (Å²) in [5.41, 5.74) is 2.15. The lowest BCUT2D eigenvalue weighted by atomic mass is 10.1. The number of rotatable bonds is 3. The second kappa shape index (κ2) is 8.65. The molecule has 0 saturated carbocycles. The number of nitrogens with one attached hydrogen (secondary N) is 2. The van der Waals surface area contributed by atoms with Crippen molar-refractivity contribution in [1.82, 2.24) is 5.32 Å². The molecule has 122 valence electrons. The van der Waals surface area contributed by atoms with Crippen molar-refractivity contribution in [1.29, 1.82) is 5.26 Å². The normalized spacial score (nSPS) is 10.8. The molecule has 0 fully saturated rings. The molecular weight excluding hydrogens is 363 g/mol. The largest absolute Gasteiger partial charge is 0.332 e. The van der Waals surface area contributed by atoms with Gasteiger partial charge in [0.15, 0.2) is 5.11 Å². The third-order valence-corrected chi connectivity index (χ3v) is 4.12. The van der Waals surface area contributed by atoms with Gasteiger partial charge in [0.1, 0.15) is 5.84 Å². The Labute approximate surface area is 156 Å². The molecule has 0 unspecified atom stereocenters. The number of amidine groups is 1. The molecule has 2 N–H and O–H groups in total. The zero-order chi connectivity index (χ0) is 17.5. The fraction of sp³-hybridized carbons (Fsp3) is 0.118. The SMILES string of the molecule is CN=C(Cc1c(Cl)cccc1Cl)NC(=S)Nc1ccc(C#N)cc1. The minimum Gasteiger partial charge on any atom is -0.332 e. The quantitative estimate of drug-likeness (QED) is 0.472. The number of thiocarbonyl (C=S) groups is 1. The highest BCUT2D eigenvalue weighted by Gasteiger charge is 2.10. The highest BCUT2D eigenvalue weighted by Crippen LogP contribution is 2.24. The molecular formula is C17H14Cl2N4S. The number of nitrogens with zero attached hydrogens (tertiary/aromatic N) is 2. The summed E-state index contributed by atoms with van der Waals surface area (Å²) in [6.45, 7) is 0. The highest BCUT2D eigenvalue weighted by molar-refractivity contribution is 7.80. The molecule has 0 radical (unpaired) electrons. The Morgan fingerprint density at radius 2 is 1.79 bits per heavy atom. The van der Waals surface area contributed by atoms with Crippen molar-refractivity contribution >= 4 is 52.1 Å². The molecule has 2 aromatic carbocycles. The maximum absolute atomic E-state index is 8.80. The fourth-order valence-corrected chi connectivity index (χ4v) is 2.74. The predicted octanol–water partition coefficient (Wildman–Crippen LogP) is 4.42. The van der Waals surface area contributed by atoms with Crippen LogP contribution in [0.25, 0.3) is 0 Å². The summed E-state index contributed by atoms with van der Waals surface area (Å²) in [6.07, 6.45) is 0.435. The Morgan fingerprint density at radius 1 is 1.17 bits per heavy atom. The van der Waals surface area contributed by atoms with E-state index in [1.54, 1.807) is 49.5 Å². The molecule has 0 aliphatic carbocycles. The summed E-state index contributed by atoms with van der Waals surface area (Å²) in [5.74, 6) is 0.635. The molecule has 0 aliphatic rings. The van der Waals surface area contributed by atoms with Crippen molar-refractivity contribution in [2.24, 2.45) is 4.99 Å². The third-order valence-electron chi connectivity index (χ3n) is 3.21. The van der Waals surface area contributed by atoms with E-state index in [-0.39, 0.29) is 0 Å². The van der Waals surface area contributed by atoms with Crippen LogP contribution in [0.2, 0.25) is 10.0 Å². The van der Waals surface area contributed by atoms with E-state index in [2.05, 4.69) is 21.7 Å².